The summed E-state index contributed by atoms with van der Waals surface area (Å²) in [5, 5.41) is 14.9. The zero-order chi connectivity index (χ0) is 14.8. The van der Waals surface area contributed by atoms with Crippen LogP contribution in [-0.4, -0.2) is 20.8 Å². The lowest BCUT2D eigenvalue weighted by Crippen LogP contribution is -2.13. The number of alkyl halides is 3. The summed E-state index contributed by atoms with van der Waals surface area (Å²) in [5.41, 5.74) is 5.67. The number of hydrogen-bond acceptors (Lipinski definition) is 3. The van der Waals surface area contributed by atoms with Crippen LogP contribution in [0.25, 0.3) is 0 Å². The highest BCUT2D eigenvalue weighted by Crippen LogP contribution is 2.27. The highest BCUT2D eigenvalue weighted by molar-refractivity contribution is 5.97. The minimum absolute atomic E-state index is 0.0664. The first kappa shape index (κ1) is 13.9. The van der Waals surface area contributed by atoms with E-state index in [0.29, 0.717) is 11.1 Å². The van der Waals surface area contributed by atoms with Gasteiger partial charge in [-0.05, 0) is 17.7 Å². The van der Waals surface area contributed by atoms with Crippen LogP contribution in [0.5, 0.6) is 0 Å². The molecule has 2 rings (SSSR count). The fourth-order valence-electron chi connectivity index (χ4n) is 1.67. The summed E-state index contributed by atoms with van der Waals surface area (Å²) in [5.74, 6) is -0.0664. The third kappa shape index (κ3) is 3.08. The first-order chi connectivity index (χ1) is 9.40. The minimum atomic E-state index is -4.46. The average Bonchev–Trinajstić information content (AvgIpc) is 2.86. The van der Waals surface area contributed by atoms with Gasteiger partial charge in [-0.1, -0.05) is 23.4 Å². The van der Waals surface area contributed by atoms with Gasteiger partial charge >= 0.3 is 6.18 Å². The maximum absolute atomic E-state index is 12.4. The van der Waals surface area contributed by atoms with Gasteiger partial charge in [0.15, 0.2) is 11.5 Å². The van der Waals surface area contributed by atoms with Gasteiger partial charge in [0.2, 0.25) is 0 Å². The molecule has 0 aliphatic rings. The predicted molar refractivity (Wildman–Crippen MR) is 65.3 cm³/mol. The van der Waals surface area contributed by atoms with Gasteiger partial charge in [0.1, 0.15) is 0 Å². The molecule has 0 aliphatic carbocycles. The highest BCUT2D eigenvalue weighted by atomic mass is 19.4. The lowest BCUT2D eigenvalue weighted by molar-refractivity contribution is -0.141. The van der Waals surface area contributed by atoms with Crippen LogP contribution in [0.2, 0.25) is 0 Å². The van der Waals surface area contributed by atoms with Crippen molar-refractivity contribution in [1.82, 2.24) is 9.78 Å². The van der Waals surface area contributed by atoms with Gasteiger partial charge in [0.05, 0.1) is 6.54 Å². The Morgan fingerprint density at radius 2 is 2.10 bits per heavy atom. The summed E-state index contributed by atoms with van der Waals surface area (Å²) < 4.78 is 38.4. The molecule has 0 radical (unpaired) electrons. The zero-order valence-corrected chi connectivity index (χ0v) is 10.2. The molecule has 0 saturated heterocycles. The molecule has 0 spiro atoms. The normalized spacial score (nSPS) is 12.7. The number of rotatable bonds is 3. The third-order valence-electron chi connectivity index (χ3n) is 2.61. The fourth-order valence-corrected chi connectivity index (χ4v) is 1.67. The Labute approximate surface area is 112 Å². The molecule has 20 heavy (non-hydrogen) atoms. The molecule has 0 bridgehead atoms. The summed E-state index contributed by atoms with van der Waals surface area (Å²) in [7, 11) is 0. The molecule has 8 heteroatoms. The number of benzene rings is 1. The smallest absolute Gasteiger partial charge is 0.409 e. The number of nitrogens with two attached hydrogens (primary N) is 1. The molecular formula is C12H11F3N4O. The molecule has 106 valence electrons. The highest BCUT2D eigenvalue weighted by Gasteiger charge is 2.33. The molecule has 5 nitrogen and oxygen atoms in total. The number of aromatic nitrogens is 2. The number of nitrogens with zero attached hydrogens (tertiary/aromatic N) is 3. The minimum Gasteiger partial charge on any atom is -0.409 e. The first-order valence-corrected chi connectivity index (χ1v) is 5.57. The van der Waals surface area contributed by atoms with Crippen molar-refractivity contribution in [2.75, 3.05) is 0 Å². The Morgan fingerprint density at radius 1 is 1.35 bits per heavy atom. The largest absolute Gasteiger partial charge is 0.435 e. The van der Waals surface area contributed by atoms with Crippen LogP contribution >= 0.6 is 0 Å². The van der Waals surface area contributed by atoms with Crippen molar-refractivity contribution in [3.63, 3.8) is 0 Å². The third-order valence-corrected chi connectivity index (χ3v) is 2.61. The van der Waals surface area contributed by atoms with Gasteiger partial charge in [-0.15, -0.1) is 0 Å². The molecule has 3 N–H and O–H groups in total. The van der Waals surface area contributed by atoms with Gasteiger partial charge in [-0.25, -0.2) is 0 Å². The predicted octanol–water partition coefficient (Wildman–Crippen LogP) is 2.04. The van der Waals surface area contributed by atoms with Crippen LogP contribution in [-0.2, 0) is 12.7 Å². The molecule has 0 fully saturated rings. The second-order valence-electron chi connectivity index (χ2n) is 4.08. The molecule has 0 saturated carbocycles. The van der Waals surface area contributed by atoms with Gasteiger partial charge in [-0.3, -0.25) is 4.68 Å². The van der Waals surface area contributed by atoms with Crippen molar-refractivity contribution in [1.29, 1.82) is 0 Å². The maximum Gasteiger partial charge on any atom is 0.435 e. The summed E-state index contributed by atoms with van der Waals surface area (Å²) >= 11 is 0. The van der Waals surface area contributed by atoms with Crippen LogP contribution in [0, 0.1) is 0 Å². The van der Waals surface area contributed by atoms with Gasteiger partial charge in [0.25, 0.3) is 0 Å². The van der Waals surface area contributed by atoms with E-state index in [9.17, 15) is 13.2 Å². The summed E-state index contributed by atoms with van der Waals surface area (Å²) in [6.45, 7) is 0.155. The summed E-state index contributed by atoms with van der Waals surface area (Å²) in [6.07, 6.45) is -3.21. The van der Waals surface area contributed by atoms with E-state index in [1.165, 1.54) is 10.9 Å². The topological polar surface area (TPSA) is 76.4 Å². The molecule has 1 aromatic heterocycles. The van der Waals surface area contributed by atoms with E-state index in [-0.39, 0.29) is 12.4 Å². The molecule has 1 heterocycles. The lowest BCUT2D eigenvalue weighted by atomic mass is 10.1. The van der Waals surface area contributed by atoms with Crippen molar-refractivity contribution in [3.8, 4) is 0 Å². The van der Waals surface area contributed by atoms with E-state index < -0.39 is 11.9 Å². The molecule has 0 amide bonds. The van der Waals surface area contributed by atoms with E-state index in [2.05, 4.69) is 10.3 Å². The number of halogens is 3. The van der Waals surface area contributed by atoms with E-state index in [4.69, 9.17) is 10.9 Å². The maximum atomic E-state index is 12.4. The quantitative estimate of drug-likeness (QED) is 0.392. The number of hydrogen-bond donors (Lipinski definition) is 2. The average molecular weight is 284 g/mol. The summed E-state index contributed by atoms with van der Waals surface area (Å²) in [4.78, 5) is 0. The van der Waals surface area contributed by atoms with Gasteiger partial charge < -0.3 is 10.9 Å². The van der Waals surface area contributed by atoms with Crippen molar-refractivity contribution in [2.45, 2.75) is 12.7 Å². The van der Waals surface area contributed by atoms with E-state index in [1.54, 1.807) is 24.3 Å². The Bertz CT molecular complexity index is 634. The van der Waals surface area contributed by atoms with Gasteiger partial charge in [-0.2, -0.15) is 18.3 Å². The lowest BCUT2D eigenvalue weighted by Gasteiger charge is -2.05. The number of oxime groups is 1. The van der Waals surface area contributed by atoms with E-state index in [1.807, 2.05) is 0 Å². The monoisotopic (exact) mass is 284 g/mol. The summed E-state index contributed by atoms with van der Waals surface area (Å²) in [6, 6.07) is 7.53. The van der Waals surface area contributed by atoms with Gasteiger partial charge in [0, 0.05) is 11.8 Å². The molecule has 0 aliphatic heterocycles. The van der Waals surface area contributed by atoms with Crippen molar-refractivity contribution in [2.24, 2.45) is 10.9 Å². The van der Waals surface area contributed by atoms with Crippen molar-refractivity contribution in [3.05, 3.63) is 53.3 Å². The Kier molecular flexibility index (Phi) is 3.64. The van der Waals surface area contributed by atoms with Crippen LogP contribution in [0.15, 0.2) is 41.7 Å². The van der Waals surface area contributed by atoms with Crippen molar-refractivity contribution >= 4 is 5.84 Å². The second-order valence-corrected chi connectivity index (χ2v) is 4.08. The molecule has 0 unspecified atom stereocenters. The fraction of sp³-hybridized carbons (Fsp3) is 0.167. The van der Waals surface area contributed by atoms with Crippen LogP contribution in [0.4, 0.5) is 13.2 Å². The Morgan fingerprint density at radius 3 is 2.70 bits per heavy atom. The zero-order valence-electron chi connectivity index (χ0n) is 10.2. The van der Waals surface area contributed by atoms with E-state index in [0.717, 1.165) is 6.07 Å². The molecule has 2 aromatic rings. The van der Waals surface area contributed by atoms with Crippen LogP contribution < -0.4 is 5.73 Å². The standard InChI is InChI=1S/C12H11F3N4O/c13-12(14,15)10-4-5-19(17-10)7-8-2-1-3-9(6-8)11(16)18-20/h1-6,20H,7H2,(H2,16,18). The van der Waals surface area contributed by atoms with Crippen LogP contribution in [0.1, 0.15) is 16.8 Å². The molecular weight excluding hydrogens is 273 g/mol. The van der Waals surface area contributed by atoms with Crippen molar-refractivity contribution < 1.29 is 18.4 Å². The van der Waals surface area contributed by atoms with E-state index >= 15 is 0 Å². The second kappa shape index (κ2) is 5.24. The SMILES string of the molecule is NC(=NO)c1cccc(Cn2ccc(C(F)(F)F)n2)c1. The Balaban J connectivity index is 2.20. The van der Waals surface area contributed by atoms with Crippen LogP contribution in [0.3, 0.4) is 0 Å². The first-order valence-electron chi connectivity index (χ1n) is 5.57. The Hall–Kier alpha value is -2.51. The molecule has 0 atom stereocenters. The number of amidine groups is 1. The molecule has 1 aromatic carbocycles.